The number of halogens is 1. The van der Waals surface area contributed by atoms with Crippen molar-refractivity contribution in [3.63, 3.8) is 0 Å². The van der Waals surface area contributed by atoms with Crippen molar-refractivity contribution in [2.75, 3.05) is 45.3 Å². The van der Waals surface area contributed by atoms with Crippen LogP contribution in [0.3, 0.4) is 0 Å². The monoisotopic (exact) mass is 720 g/mol. The van der Waals surface area contributed by atoms with Gasteiger partial charge in [0.15, 0.2) is 6.10 Å². The summed E-state index contributed by atoms with van der Waals surface area (Å²) >= 11 is 7.57. The Morgan fingerprint density at radius 3 is 2.78 bits per heavy atom. The molecule has 3 aromatic rings. The average molecular weight is 721 g/mol. The van der Waals surface area contributed by atoms with Gasteiger partial charge in [-0.05, 0) is 103 Å². The highest BCUT2D eigenvalue weighted by Crippen LogP contribution is 2.43. The number of methoxy groups -OCH3 is 1. The Morgan fingerprint density at radius 2 is 2.08 bits per heavy atom. The summed E-state index contributed by atoms with van der Waals surface area (Å²) in [6.45, 7) is 6.41. The van der Waals surface area contributed by atoms with E-state index in [2.05, 4.69) is 45.8 Å². The Morgan fingerprint density at radius 1 is 1.24 bits per heavy atom. The molecule has 5 rings (SSSR count). The number of hydrogen-bond acceptors (Lipinski definition) is 8. The number of carbonyl (C=O) groups excluding carboxylic acids is 2. The molecule has 5 atom stereocenters. The Labute approximate surface area is 305 Å². The predicted octanol–water partition coefficient (Wildman–Crippen LogP) is 6.99. The Hall–Kier alpha value is -3.57. The van der Waals surface area contributed by atoms with E-state index in [1.54, 1.807) is 43.5 Å². The van der Waals surface area contributed by atoms with Crippen molar-refractivity contribution >= 4 is 41.1 Å². The van der Waals surface area contributed by atoms with Crippen LogP contribution in [-0.4, -0.2) is 73.3 Å². The van der Waals surface area contributed by atoms with Gasteiger partial charge in [-0.1, -0.05) is 49.2 Å². The highest BCUT2D eigenvalue weighted by Gasteiger charge is 2.39. The average Bonchev–Trinajstić information content (AvgIpc) is 3.29. The summed E-state index contributed by atoms with van der Waals surface area (Å²) in [6, 6.07) is 15.3. The smallest absolute Gasteiger partial charge is 0.263 e. The third kappa shape index (κ3) is 9.60. The zero-order valence-corrected chi connectivity index (χ0v) is 31.0. The van der Waals surface area contributed by atoms with E-state index in [-0.39, 0.29) is 17.9 Å². The van der Waals surface area contributed by atoms with Crippen LogP contribution in [0.25, 0.3) is 0 Å². The van der Waals surface area contributed by atoms with Crippen LogP contribution in [-0.2, 0) is 20.7 Å². The molecule has 1 aliphatic carbocycles. The predicted molar refractivity (Wildman–Crippen MR) is 200 cm³/mol. The van der Waals surface area contributed by atoms with Gasteiger partial charge in [0.2, 0.25) is 5.91 Å². The lowest BCUT2D eigenvalue weighted by atomic mass is 9.70. The lowest BCUT2D eigenvalue weighted by Gasteiger charge is -2.43. The number of fused-ring (bicyclic) bond motifs is 1. The van der Waals surface area contributed by atoms with Gasteiger partial charge in [-0.2, -0.15) is 0 Å². The van der Waals surface area contributed by atoms with Crippen molar-refractivity contribution < 1.29 is 24.2 Å². The van der Waals surface area contributed by atoms with Crippen LogP contribution in [0.5, 0.6) is 5.75 Å². The molecule has 5 unspecified atom stereocenters. The van der Waals surface area contributed by atoms with Crippen molar-refractivity contribution in [1.29, 1.82) is 0 Å². The van der Waals surface area contributed by atoms with Crippen LogP contribution in [0.4, 0.5) is 5.69 Å². The molecule has 1 aliphatic heterocycles. The number of nitrogens with one attached hydrogen (secondary N) is 1. The molecule has 11 heteroatoms. The molecular weight excluding hydrogens is 672 g/mol. The van der Waals surface area contributed by atoms with E-state index in [9.17, 15) is 14.7 Å². The van der Waals surface area contributed by atoms with Crippen molar-refractivity contribution in [1.82, 2.24) is 14.6 Å². The number of aliphatic hydroxyl groups is 1. The summed E-state index contributed by atoms with van der Waals surface area (Å²) in [5.41, 5.74) is 3.83. The Kier molecular flexibility index (Phi) is 13.6. The molecule has 2 heterocycles. The van der Waals surface area contributed by atoms with Gasteiger partial charge in [-0.3, -0.25) is 19.3 Å². The first-order valence-electron chi connectivity index (χ1n) is 17.4. The number of amides is 2. The van der Waals surface area contributed by atoms with Crippen molar-refractivity contribution in [3.05, 3.63) is 94.8 Å². The molecule has 1 saturated carbocycles. The maximum Gasteiger partial charge on any atom is 0.263 e. The number of hydrogen-bond donors (Lipinski definition) is 2. The molecule has 2 aliphatic rings. The number of aryl methyl sites for hydroxylation is 1. The molecule has 0 radical (unpaired) electrons. The molecular formula is C39H49ClN4O5S. The zero-order chi connectivity index (χ0) is 35.6. The molecule has 1 aromatic heterocycles. The number of ether oxygens (including phenoxy) is 2. The van der Waals surface area contributed by atoms with Gasteiger partial charge >= 0.3 is 0 Å². The van der Waals surface area contributed by atoms with E-state index in [1.807, 2.05) is 31.3 Å². The molecule has 2 amide bonds. The molecule has 2 aromatic carbocycles. The fraction of sp³-hybridized carbons (Fsp3) is 0.462. The quantitative estimate of drug-likeness (QED) is 0.128. The number of benzene rings is 2. The van der Waals surface area contributed by atoms with Crippen LogP contribution >= 0.6 is 23.5 Å². The van der Waals surface area contributed by atoms with E-state index in [0.29, 0.717) is 37.1 Å². The summed E-state index contributed by atoms with van der Waals surface area (Å²) in [6.07, 6.45) is 11.0. The van der Waals surface area contributed by atoms with Crippen molar-refractivity contribution in [3.8, 4) is 5.75 Å². The fourth-order valence-corrected chi connectivity index (χ4v) is 7.60. The second-order valence-corrected chi connectivity index (χ2v) is 14.6. The first-order valence-corrected chi connectivity index (χ1v) is 18.6. The molecule has 1 fully saturated rings. The molecule has 2 N–H and O–H groups in total. The standard InChI is InChI=1S/C39H49ClN4O5S/c1-5-9-27-20-31(40)14-16-33(27)30-24-44(23-29-12-15-34(29)36(48-4)11-6-7-19-43(3)26(2)45)35-21-28(13-17-37(35)49-25-30)38(46)39(47)42-50-32-10-8-18-41-22-32/h6,8,10-11,13-14,16-18,20-22,29-30,34,36,38,46H,5,7,9,12,15,19,23-25H2,1-4H3,(H,42,47)/b11-6+. The summed E-state index contributed by atoms with van der Waals surface area (Å²) in [5.74, 6) is 1.07. The molecule has 0 bridgehead atoms. The molecule has 0 spiro atoms. The Bertz CT molecular complexity index is 1630. The second kappa shape index (κ2) is 18.1. The number of aliphatic hydroxyl groups excluding tert-OH is 1. The van der Waals surface area contributed by atoms with Gasteiger partial charge in [0.05, 0.1) is 18.4 Å². The van der Waals surface area contributed by atoms with Crippen LogP contribution in [0.15, 0.2) is 78.0 Å². The largest absolute Gasteiger partial charge is 0.491 e. The maximum atomic E-state index is 13.1. The summed E-state index contributed by atoms with van der Waals surface area (Å²) < 4.78 is 15.3. The first kappa shape index (κ1) is 37.7. The minimum atomic E-state index is -1.36. The van der Waals surface area contributed by atoms with Crippen molar-refractivity contribution in [2.45, 2.75) is 69.0 Å². The van der Waals surface area contributed by atoms with Gasteiger partial charge in [0, 0.05) is 68.9 Å². The number of rotatable bonds is 15. The first-order chi connectivity index (χ1) is 24.2. The number of carbonyl (C=O) groups is 2. The molecule has 268 valence electrons. The molecule has 0 saturated heterocycles. The van der Waals surface area contributed by atoms with Gasteiger partial charge < -0.3 is 24.4 Å². The second-order valence-electron chi connectivity index (χ2n) is 13.3. The molecule has 50 heavy (non-hydrogen) atoms. The van der Waals surface area contributed by atoms with E-state index in [1.165, 1.54) is 11.1 Å². The van der Waals surface area contributed by atoms with Gasteiger partial charge in [-0.25, -0.2) is 0 Å². The van der Waals surface area contributed by atoms with Crippen molar-refractivity contribution in [2.24, 2.45) is 11.8 Å². The Balaban J connectivity index is 1.38. The van der Waals surface area contributed by atoms with E-state index >= 15 is 0 Å². The van der Waals surface area contributed by atoms with E-state index < -0.39 is 12.0 Å². The number of anilines is 1. The van der Waals surface area contributed by atoms with Crippen LogP contribution in [0.2, 0.25) is 5.02 Å². The number of aromatic nitrogens is 1. The summed E-state index contributed by atoms with van der Waals surface area (Å²) in [7, 11) is 3.58. The highest BCUT2D eigenvalue weighted by molar-refractivity contribution is 7.98. The maximum absolute atomic E-state index is 13.1. The zero-order valence-electron chi connectivity index (χ0n) is 29.4. The molecule has 9 nitrogen and oxygen atoms in total. The van der Waals surface area contributed by atoms with E-state index in [4.69, 9.17) is 21.1 Å². The lowest BCUT2D eigenvalue weighted by molar-refractivity contribution is -0.128. The normalized spacial score (nSPS) is 19.9. The van der Waals surface area contributed by atoms with Gasteiger partial charge in [0.25, 0.3) is 5.91 Å². The topological polar surface area (TPSA) is 104 Å². The SMILES string of the molecule is CCCc1cc(Cl)ccc1C1COc2ccc(C(O)C(=O)NSc3cccnc3)cc2N(CC2CCC2C(/C=C/CCN(C)C(C)=O)OC)C1. The van der Waals surface area contributed by atoms with Crippen LogP contribution < -0.4 is 14.4 Å². The summed E-state index contributed by atoms with van der Waals surface area (Å²) in [5, 5.41) is 11.9. The minimum absolute atomic E-state index is 0.0310. The lowest BCUT2D eigenvalue weighted by Crippen LogP contribution is -2.44. The summed E-state index contributed by atoms with van der Waals surface area (Å²) in [4.78, 5) is 33.6. The minimum Gasteiger partial charge on any atom is -0.491 e. The van der Waals surface area contributed by atoms with E-state index in [0.717, 1.165) is 72.0 Å². The van der Waals surface area contributed by atoms with Gasteiger partial charge in [0.1, 0.15) is 5.75 Å². The highest BCUT2D eigenvalue weighted by atomic mass is 35.5. The number of nitrogens with zero attached hydrogens (tertiary/aromatic N) is 3. The number of pyridine rings is 1. The van der Waals surface area contributed by atoms with Crippen LogP contribution in [0, 0.1) is 11.8 Å². The third-order valence-corrected chi connectivity index (χ3v) is 10.9. The van der Waals surface area contributed by atoms with Gasteiger partial charge in [-0.15, -0.1) is 0 Å². The fourth-order valence-electron chi connectivity index (χ4n) is 6.81. The third-order valence-electron chi connectivity index (χ3n) is 9.86. The van der Waals surface area contributed by atoms with Crippen LogP contribution in [0.1, 0.15) is 68.2 Å².